The van der Waals surface area contributed by atoms with Crippen LogP contribution in [0, 0.1) is 0 Å². The monoisotopic (exact) mass is 190 g/mol. The number of amides is 2. The predicted molar refractivity (Wildman–Crippen MR) is 50.8 cm³/mol. The number of rotatable bonds is 1. The lowest BCUT2D eigenvalue weighted by Crippen LogP contribution is -2.24. The van der Waals surface area contributed by atoms with Crippen LogP contribution in [0.3, 0.4) is 0 Å². The second kappa shape index (κ2) is 2.92. The zero-order chi connectivity index (χ0) is 10.3. The van der Waals surface area contributed by atoms with Crippen molar-refractivity contribution in [2.75, 3.05) is 7.05 Å². The molecular formula is C10H10N2O2. The van der Waals surface area contributed by atoms with Gasteiger partial charge in [-0.2, -0.15) is 0 Å². The van der Waals surface area contributed by atoms with Crippen LogP contribution < -0.4 is 5.73 Å². The average Bonchev–Trinajstić information content (AvgIpc) is 2.44. The Morgan fingerprint density at radius 1 is 1.21 bits per heavy atom. The SMILES string of the molecule is CN1C(=O)c2ccc(CN)cc2C1=O. The molecule has 1 aromatic rings. The summed E-state index contributed by atoms with van der Waals surface area (Å²) in [6, 6.07) is 5.10. The summed E-state index contributed by atoms with van der Waals surface area (Å²) < 4.78 is 0. The number of carbonyl (C=O) groups is 2. The summed E-state index contributed by atoms with van der Waals surface area (Å²) in [5, 5.41) is 0. The second-order valence-corrected chi connectivity index (χ2v) is 3.25. The molecule has 1 heterocycles. The molecule has 0 radical (unpaired) electrons. The Bertz CT molecular complexity index is 426. The average molecular weight is 190 g/mol. The van der Waals surface area contributed by atoms with E-state index in [0.29, 0.717) is 17.7 Å². The fourth-order valence-corrected chi connectivity index (χ4v) is 1.54. The molecule has 0 spiro atoms. The van der Waals surface area contributed by atoms with E-state index in [0.717, 1.165) is 10.5 Å². The first-order chi connectivity index (χ1) is 6.65. The standard InChI is InChI=1S/C10H10N2O2/c1-12-9(13)7-3-2-6(5-11)4-8(7)10(12)14/h2-4H,5,11H2,1H3. The summed E-state index contributed by atoms with van der Waals surface area (Å²) in [7, 11) is 1.48. The number of benzene rings is 1. The van der Waals surface area contributed by atoms with Crippen molar-refractivity contribution >= 4 is 11.8 Å². The minimum atomic E-state index is -0.250. The predicted octanol–water partition coefficient (Wildman–Crippen LogP) is 0.371. The van der Waals surface area contributed by atoms with Gasteiger partial charge in [0.05, 0.1) is 11.1 Å². The Hall–Kier alpha value is -1.68. The van der Waals surface area contributed by atoms with Crippen molar-refractivity contribution < 1.29 is 9.59 Å². The second-order valence-electron chi connectivity index (χ2n) is 3.25. The summed E-state index contributed by atoms with van der Waals surface area (Å²) in [6.07, 6.45) is 0. The van der Waals surface area contributed by atoms with Crippen LogP contribution in [0.2, 0.25) is 0 Å². The number of hydrogen-bond acceptors (Lipinski definition) is 3. The number of nitrogens with two attached hydrogens (primary N) is 1. The topological polar surface area (TPSA) is 63.4 Å². The smallest absolute Gasteiger partial charge is 0.261 e. The van der Waals surface area contributed by atoms with Gasteiger partial charge < -0.3 is 5.73 Å². The van der Waals surface area contributed by atoms with E-state index in [2.05, 4.69) is 0 Å². The molecule has 0 saturated carbocycles. The van der Waals surface area contributed by atoms with E-state index in [4.69, 9.17) is 5.73 Å². The third-order valence-corrected chi connectivity index (χ3v) is 2.39. The highest BCUT2D eigenvalue weighted by molar-refractivity contribution is 6.21. The van der Waals surface area contributed by atoms with Gasteiger partial charge in [-0.25, -0.2) is 0 Å². The van der Waals surface area contributed by atoms with E-state index in [9.17, 15) is 9.59 Å². The highest BCUT2D eigenvalue weighted by atomic mass is 16.2. The molecule has 0 bridgehead atoms. The number of imide groups is 1. The maximum atomic E-state index is 11.5. The summed E-state index contributed by atoms with van der Waals surface area (Å²) in [6.45, 7) is 0.373. The van der Waals surface area contributed by atoms with Gasteiger partial charge in [-0.3, -0.25) is 14.5 Å². The molecule has 1 aromatic carbocycles. The number of fused-ring (bicyclic) bond motifs is 1. The van der Waals surface area contributed by atoms with E-state index in [1.54, 1.807) is 18.2 Å². The summed E-state index contributed by atoms with van der Waals surface area (Å²) in [5.74, 6) is -0.492. The lowest BCUT2D eigenvalue weighted by molar-refractivity contribution is 0.0693. The lowest BCUT2D eigenvalue weighted by Gasteiger charge is -2.02. The fraction of sp³-hybridized carbons (Fsp3) is 0.200. The molecule has 14 heavy (non-hydrogen) atoms. The van der Waals surface area contributed by atoms with Gasteiger partial charge in [-0.15, -0.1) is 0 Å². The number of carbonyl (C=O) groups excluding carboxylic acids is 2. The van der Waals surface area contributed by atoms with Crippen LogP contribution in [-0.4, -0.2) is 23.8 Å². The quantitative estimate of drug-likeness (QED) is 0.651. The van der Waals surface area contributed by atoms with Crippen molar-refractivity contribution in [2.45, 2.75) is 6.54 Å². The van der Waals surface area contributed by atoms with Gasteiger partial charge in [0.2, 0.25) is 0 Å². The van der Waals surface area contributed by atoms with Crippen LogP contribution in [0.1, 0.15) is 26.3 Å². The molecule has 0 aromatic heterocycles. The number of nitrogens with zero attached hydrogens (tertiary/aromatic N) is 1. The van der Waals surface area contributed by atoms with Crippen LogP contribution in [0.15, 0.2) is 18.2 Å². The molecule has 0 aliphatic carbocycles. The Balaban J connectivity index is 2.59. The van der Waals surface area contributed by atoms with Crippen molar-refractivity contribution in [1.82, 2.24) is 4.90 Å². The van der Waals surface area contributed by atoms with Gasteiger partial charge in [0.25, 0.3) is 11.8 Å². The fourth-order valence-electron chi connectivity index (χ4n) is 1.54. The molecule has 2 N–H and O–H groups in total. The molecular weight excluding hydrogens is 180 g/mol. The summed E-state index contributed by atoms with van der Waals surface area (Å²) >= 11 is 0. The molecule has 0 atom stereocenters. The normalized spacial score (nSPS) is 14.9. The summed E-state index contributed by atoms with van der Waals surface area (Å²) in [4.78, 5) is 24.1. The molecule has 0 fully saturated rings. The van der Waals surface area contributed by atoms with Crippen molar-refractivity contribution in [1.29, 1.82) is 0 Å². The third kappa shape index (κ3) is 1.04. The van der Waals surface area contributed by atoms with Crippen molar-refractivity contribution in [3.8, 4) is 0 Å². The minimum absolute atomic E-state index is 0.242. The Morgan fingerprint density at radius 2 is 1.86 bits per heavy atom. The van der Waals surface area contributed by atoms with Gasteiger partial charge in [0, 0.05) is 13.6 Å². The highest BCUT2D eigenvalue weighted by Crippen LogP contribution is 2.22. The Kier molecular flexibility index (Phi) is 1.86. The van der Waals surface area contributed by atoms with Crippen molar-refractivity contribution in [2.24, 2.45) is 5.73 Å². The zero-order valence-electron chi connectivity index (χ0n) is 7.78. The van der Waals surface area contributed by atoms with Crippen LogP contribution in [-0.2, 0) is 6.54 Å². The van der Waals surface area contributed by atoms with Gasteiger partial charge in [-0.05, 0) is 17.7 Å². The molecule has 1 aliphatic heterocycles. The number of hydrogen-bond donors (Lipinski definition) is 1. The van der Waals surface area contributed by atoms with Crippen molar-refractivity contribution in [3.63, 3.8) is 0 Å². The first-order valence-electron chi connectivity index (χ1n) is 4.30. The van der Waals surface area contributed by atoms with Crippen molar-refractivity contribution in [3.05, 3.63) is 34.9 Å². The molecule has 72 valence electrons. The van der Waals surface area contributed by atoms with E-state index < -0.39 is 0 Å². The molecule has 2 amide bonds. The first-order valence-corrected chi connectivity index (χ1v) is 4.30. The van der Waals surface area contributed by atoms with Gasteiger partial charge in [-0.1, -0.05) is 6.07 Å². The van der Waals surface area contributed by atoms with E-state index in [1.165, 1.54) is 7.05 Å². The molecule has 1 aliphatic rings. The highest BCUT2D eigenvalue weighted by Gasteiger charge is 2.32. The van der Waals surface area contributed by atoms with Crippen LogP contribution >= 0.6 is 0 Å². The Labute approximate surface area is 81.3 Å². The largest absolute Gasteiger partial charge is 0.326 e. The maximum absolute atomic E-state index is 11.5. The lowest BCUT2D eigenvalue weighted by atomic mass is 10.1. The van der Waals surface area contributed by atoms with E-state index >= 15 is 0 Å². The van der Waals surface area contributed by atoms with Gasteiger partial charge in [0.15, 0.2) is 0 Å². The van der Waals surface area contributed by atoms with E-state index in [1.807, 2.05) is 0 Å². The first kappa shape index (κ1) is 8.90. The third-order valence-electron chi connectivity index (χ3n) is 2.39. The van der Waals surface area contributed by atoms with Gasteiger partial charge >= 0.3 is 0 Å². The molecule has 0 unspecified atom stereocenters. The molecule has 4 nitrogen and oxygen atoms in total. The maximum Gasteiger partial charge on any atom is 0.261 e. The van der Waals surface area contributed by atoms with Gasteiger partial charge in [0.1, 0.15) is 0 Å². The zero-order valence-corrected chi connectivity index (χ0v) is 7.78. The van der Waals surface area contributed by atoms with Crippen LogP contribution in [0.5, 0.6) is 0 Å². The summed E-state index contributed by atoms with van der Waals surface area (Å²) in [5.41, 5.74) is 7.24. The Morgan fingerprint density at radius 3 is 2.50 bits per heavy atom. The molecule has 0 saturated heterocycles. The molecule has 4 heteroatoms. The van der Waals surface area contributed by atoms with Crippen LogP contribution in [0.25, 0.3) is 0 Å². The van der Waals surface area contributed by atoms with Crippen LogP contribution in [0.4, 0.5) is 0 Å². The molecule has 2 rings (SSSR count). The van der Waals surface area contributed by atoms with E-state index in [-0.39, 0.29) is 11.8 Å². The minimum Gasteiger partial charge on any atom is -0.326 e.